The smallest absolute Gasteiger partial charge is 0.369 e. The fourth-order valence-electron chi connectivity index (χ4n) is 3.48. The van der Waals surface area contributed by atoms with E-state index < -0.39 is 11.7 Å². The van der Waals surface area contributed by atoms with E-state index in [0.717, 1.165) is 43.8 Å². The van der Waals surface area contributed by atoms with Crippen LogP contribution in [0.3, 0.4) is 0 Å². The summed E-state index contributed by atoms with van der Waals surface area (Å²) in [6.45, 7) is 3.41. The van der Waals surface area contributed by atoms with E-state index in [0.29, 0.717) is 43.6 Å². The normalized spacial score (nSPS) is 18.7. The van der Waals surface area contributed by atoms with Gasteiger partial charge in [-0.15, -0.1) is 0 Å². The van der Waals surface area contributed by atoms with Crippen molar-refractivity contribution in [3.63, 3.8) is 0 Å². The van der Waals surface area contributed by atoms with Crippen LogP contribution in [0.5, 0.6) is 0 Å². The second-order valence-corrected chi connectivity index (χ2v) is 7.28. The van der Waals surface area contributed by atoms with Crippen LogP contribution in [0, 0.1) is 11.3 Å². The second-order valence-electron chi connectivity index (χ2n) is 7.28. The standard InChI is InChI=1S/C19H20F3N5O/c20-19(21,22)15-4-5-16(14(10-15)11-23)27-7-1-6-26(8-9-27)12-17-24-18(28-25-17)13-2-3-13/h4-5,10,13H,1-3,6-9,12H2. The molecule has 1 saturated heterocycles. The molecule has 2 heterocycles. The lowest BCUT2D eigenvalue weighted by atomic mass is 10.1. The minimum Gasteiger partial charge on any atom is -0.369 e. The number of benzene rings is 1. The van der Waals surface area contributed by atoms with Gasteiger partial charge >= 0.3 is 6.18 Å². The number of rotatable bonds is 4. The summed E-state index contributed by atoms with van der Waals surface area (Å²) in [5.74, 6) is 1.81. The average Bonchev–Trinajstić information content (AvgIpc) is 3.45. The van der Waals surface area contributed by atoms with E-state index in [1.807, 2.05) is 11.0 Å². The maximum absolute atomic E-state index is 12.9. The van der Waals surface area contributed by atoms with Crippen molar-refractivity contribution in [2.24, 2.45) is 0 Å². The monoisotopic (exact) mass is 391 g/mol. The fraction of sp³-hybridized carbons (Fsp3) is 0.526. The van der Waals surface area contributed by atoms with Crippen LogP contribution >= 0.6 is 0 Å². The van der Waals surface area contributed by atoms with Crippen LogP contribution in [-0.2, 0) is 12.7 Å². The highest BCUT2D eigenvalue weighted by Gasteiger charge is 2.32. The van der Waals surface area contributed by atoms with Gasteiger partial charge in [0.1, 0.15) is 6.07 Å². The first-order chi connectivity index (χ1) is 13.4. The second kappa shape index (κ2) is 7.43. The summed E-state index contributed by atoms with van der Waals surface area (Å²) in [6.07, 6.45) is -1.41. The molecule has 0 atom stereocenters. The summed E-state index contributed by atoms with van der Waals surface area (Å²) in [5, 5.41) is 13.4. The highest BCUT2D eigenvalue weighted by molar-refractivity contribution is 5.61. The van der Waals surface area contributed by atoms with Gasteiger partial charge in [-0.1, -0.05) is 5.16 Å². The zero-order valence-electron chi connectivity index (χ0n) is 15.2. The Balaban J connectivity index is 1.42. The van der Waals surface area contributed by atoms with Gasteiger partial charge in [-0.3, -0.25) is 4.90 Å². The van der Waals surface area contributed by atoms with Gasteiger partial charge in [0.05, 0.1) is 23.4 Å². The van der Waals surface area contributed by atoms with E-state index in [1.54, 1.807) is 0 Å². The Morgan fingerprint density at radius 1 is 1.18 bits per heavy atom. The molecule has 0 spiro atoms. The van der Waals surface area contributed by atoms with E-state index in [9.17, 15) is 18.4 Å². The van der Waals surface area contributed by atoms with Crippen molar-refractivity contribution >= 4 is 5.69 Å². The van der Waals surface area contributed by atoms with Crippen molar-refractivity contribution in [3.8, 4) is 6.07 Å². The largest absolute Gasteiger partial charge is 0.416 e. The van der Waals surface area contributed by atoms with Gasteiger partial charge in [0, 0.05) is 32.1 Å². The molecule has 148 valence electrons. The number of halogens is 3. The van der Waals surface area contributed by atoms with Crippen LogP contribution in [0.25, 0.3) is 0 Å². The van der Waals surface area contributed by atoms with Crippen LogP contribution < -0.4 is 4.90 Å². The van der Waals surface area contributed by atoms with Crippen molar-refractivity contribution in [3.05, 3.63) is 41.0 Å². The number of hydrogen-bond donors (Lipinski definition) is 0. The van der Waals surface area contributed by atoms with Gasteiger partial charge in [-0.05, 0) is 37.5 Å². The summed E-state index contributed by atoms with van der Waals surface area (Å²) in [5.41, 5.74) is -0.198. The Kier molecular flexibility index (Phi) is 4.98. The lowest BCUT2D eigenvalue weighted by Crippen LogP contribution is -2.31. The highest BCUT2D eigenvalue weighted by atomic mass is 19.4. The van der Waals surface area contributed by atoms with Crippen molar-refractivity contribution in [1.29, 1.82) is 5.26 Å². The molecule has 2 aliphatic rings. The first-order valence-corrected chi connectivity index (χ1v) is 9.35. The lowest BCUT2D eigenvalue weighted by Gasteiger charge is -2.24. The molecule has 28 heavy (non-hydrogen) atoms. The molecule has 9 heteroatoms. The van der Waals surface area contributed by atoms with Crippen molar-refractivity contribution in [2.75, 3.05) is 31.1 Å². The Morgan fingerprint density at radius 3 is 2.71 bits per heavy atom. The quantitative estimate of drug-likeness (QED) is 0.794. The maximum Gasteiger partial charge on any atom is 0.416 e. The zero-order chi connectivity index (χ0) is 19.7. The van der Waals surface area contributed by atoms with Crippen LogP contribution in [0.2, 0.25) is 0 Å². The third-order valence-corrected chi connectivity index (χ3v) is 5.15. The fourth-order valence-corrected chi connectivity index (χ4v) is 3.48. The molecule has 1 saturated carbocycles. The summed E-state index contributed by atoms with van der Waals surface area (Å²) < 4.78 is 44.0. The van der Waals surface area contributed by atoms with Gasteiger partial charge < -0.3 is 9.42 Å². The van der Waals surface area contributed by atoms with E-state index in [4.69, 9.17) is 4.52 Å². The molecule has 1 aliphatic heterocycles. The van der Waals surface area contributed by atoms with Crippen molar-refractivity contribution < 1.29 is 17.7 Å². The summed E-state index contributed by atoms with van der Waals surface area (Å²) in [6, 6.07) is 5.28. The number of anilines is 1. The number of hydrogen-bond acceptors (Lipinski definition) is 6. The van der Waals surface area contributed by atoms with E-state index in [2.05, 4.69) is 15.0 Å². The van der Waals surface area contributed by atoms with Gasteiger partial charge in [-0.25, -0.2) is 0 Å². The Bertz CT molecular complexity index is 884. The summed E-state index contributed by atoms with van der Waals surface area (Å²) in [4.78, 5) is 8.63. The third-order valence-electron chi connectivity index (χ3n) is 5.15. The molecule has 1 aliphatic carbocycles. The SMILES string of the molecule is N#Cc1cc(C(F)(F)F)ccc1N1CCCN(Cc2noc(C3CC3)n2)CC1. The summed E-state index contributed by atoms with van der Waals surface area (Å²) in [7, 11) is 0. The predicted molar refractivity (Wildman–Crippen MR) is 94.5 cm³/mol. The Labute approximate surface area is 160 Å². The molecule has 4 rings (SSSR count). The Hall–Kier alpha value is -2.60. The first-order valence-electron chi connectivity index (χ1n) is 9.35. The van der Waals surface area contributed by atoms with Gasteiger partial charge in [-0.2, -0.15) is 23.4 Å². The molecular formula is C19H20F3N5O. The van der Waals surface area contributed by atoms with Crippen LogP contribution in [0.4, 0.5) is 18.9 Å². The minimum atomic E-state index is -4.45. The number of alkyl halides is 3. The predicted octanol–water partition coefficient (Wildman–Crippen LogP) is 3.55. The molecule has 0 radical (unpaired) electrons. The van der Waals surface area contributed by atoms with Crippen LogP contribution in [-0.4, -0.2) is 41.2 Å². The number of aromatic nitrogens is 2. The number of nitrogens with zero attached hydrogens (tertiary/aromatic N) is 5. The maximum atomic E-state index is 12.9. The third kappa shape index (κ3) is 4.12. The van der Waals surface area contributed by atoms with Crippen molar-refractivity contribution in [1.82, 2.24) is 15.0 Å². The lowest BCUT2D eigenvalue weighted by molar-refractivity contribution is -0.137. The molecule has 0 N–H and O–H groups in total. The van der Waals surface area contributed by atoms with E-state index in [1.165, 1.54) is 6.07 Å². The molecular weight excluding hydrogens is 371 g/mol. The Morgan fingerprint density at radius 2 is 2.00 bits per heavy atom. The molecule has 1 aromatic carbocycles. The molecule has 0 unspecified atom stereocenters. The summed E-state index contributed by atoms with van der Waals surface area (Å²) >= 11 is 0. The van der Waals surface area contributed by atoms with Gasteiger partial charge in [0.25, 0.3) is 0 Å². The van der Waals surface area contributed by atoms with E-state index in [-0.39, 0.29) is 5.56 Å². The van der Waals surface area contributed by atoms with Crippen LogP contribution in [0.1, 0.15) is 48.0 Å². The van der Waals surface area contributed by atoms with Gasteiger partial charge in [0.15, 0.2) is 5.82 Å². The zero-order valence-corrected chi connectivity index (χ0v) is 15.2. The minimum absolute atomic E-state index is 0.0514. The molecule has 2 fully saturated rings. The first kappa shape index (κ1) is 18.7. The average molecular weight is 391 g/mol. The molecule has 1 aromatic heterocycles. The van der Waals surface area contributed by atoms with Crippen LogP contribution in [0.15, 0.2) is 22.7 Å². The molecule has 6 nitrogen and oxygen atoms in total. The topological polar surface area (TPSA) is 69.2 Å². The molecule has 0 amide bonds. The van der Waals surface area contributed by atoms with Gasteiger partial charge in [0.2, 0.25) is 5.89 Å². The highest BCUT2D eigenvalue weighted by Crippen LogP contribution is 2.39. The van der Waals surface area contributed by atoms with Crippen molar-refractivity contribution in [2.45, 2.75) is 37.9 Å². The molecule has 0 bridgehead atoms. The number of nitriles is 1. The molecule has 2 aromatic rings. The van der Waals surface area contributed by atoms with E-state index >= 15 is 0 Å².